The van der Waals surface area contributed by atoms with Crippen LogP contribution in [0.25, 0.3) is 0 Å². The Labute approximate surface area is 58.3 Å². The standard InChI is InChI=1S/C4H7FO4S/c1-2-4(3-5)9-10(6,7)8/h3H,2H2,1H3,(H,6,7,8). The highest BCUT2D eigenvalue weighted by Gasteiger charge is 2.07. The molecule has 60 valence electrons. The Morgan fingerprint density at radius 3 is 2.40 bits per heavy atom. The van der Waals surface area contributed by atoms with E-state index in [4.69, 9.17) is 4.55 Å². The zero-order valence-corrected chi connectivity index (χ0v) is 6.06. The third-order valence-electron chi connectivity index (χ3n) is 0.683. The van der Waals surface area contributed by atoms with Crippen LogP contribution in [-0.4, -0.2) is 13.0 Å². The molecule has 0 aromatic rings. The molecule has 0 spiro atoms. The molecule has 1 N–H and O–H groups in total. The Hall–Kier alpha value is -0.620. The van der Waals surface area contributed by atoms with Crippen molar-refractivity contribution in [3.63, 3.8) is 0 Å². The fourth-order valence-corrected chi connectivity index (χ4v) is 0.714. The van der Waals surface area contributed by atoms with Crippen molar-refractivity contribution in [3.8, 4) is 0 Å². The van der Waals surface area contributed by atoms with Crippen molar-refractivity contribution in [1.29, 1.82) is 0 Å². The summed E-state index contributed by atoms with van der Waals surface area (Å²) in [5.41, 5.74) is 0. The van der Waals surface area contributed by atoms with Crippen LogP contribution in [0.15, 0.2) is 12.1 Å². The quantitative estimate of drug-likeness (QED) is 0.507. The Balaban J connectivity index is 4.16. The Morgan fingerprint density at radius 2 is 2.30 bits per heavy atom. The van der Waals surface area contributed by atoms with Gasteiger partial charge in [-0.05, 0) is 0 Å². The molecule has 0 amide bonds. The highest BCUT2D eigenvalue weighted by atomic mass is 32.3. The first-order chi connectivity index (χ1) is 4.49. The van der Waals surface area contributed by atoms with E-state index >= 15 is 0 Å². The molecule has 0 bridgehead atoms. The molecule has 0 aromatic heterocycles. The van der Waals surface area contributed by atoms with E-state index in [-0.39, 0.29) is 12.8 Å². The van der Waals surface area contributed by atoms with E-state index in [0.29, 0.717) is 0 Å². The van der Waals surface area contributed by atoms with E-state index in [2.05, 4.69) is 4.18 Å². The van der Waals surface area contributed by atoms with E-state index in [1.807, 2.05) is 0 Å². The van der Waals surface area contributed by atoms with Crippen LogP contribution in [0, 0.1) is 0 Å². The molecule has 0 heterocycles. The van der Waals surface area contributed by atoms with Crippen molar-refractivity contribution in [1.82, 2.24) is 0 Å². The van der Waals surface area contributed by atoms with Gasteiger partial charge in [-0.1, -0.05) is 6.92 Å². The van der Waals surface area contributed by atoms with Gasteiger partial charge < -0.3 is 4.18 Å². The first-order valence-electron chi connectivity index (χ1n) is 2.45. The highest BCUT2D eigenvalue weighted by Crippen LogP contribution is 2.05. The lowest BCUT2D eigenvalue weighted by Gasteiger charge is -1.99. The summed E-state index contributed by atoms with van der Waals surface area (Å²) in [5.74, 6) is -0.428. The number of hydrogen-bond donors (Lipinski definition) is 1. The molecule has 0 saturated carbocycles. The van der Waals surface area contributed by atoms with Crippen LogP contribution in [0.3, 0.4) is 0 Å². The van der Waals surface area contributed by atoms with Crippen molar-refractivity contribution < 1.29 is 21.5 Å². The van der Waals surface area contributed by atoms with Crippen molar-refractivity contribution >= 4 is 10.4 Å². The maximum atomic E-state index is 11.5. The summed E-state index contributed by atoms with van der Waals surface area (Å²) in [6, 6.07) is 0. The van der Waals surface area contributed by atoms with Gasteiger partial charge in [0.25, 0.3) is 0 Å². The van der Waals surface area contributed by atoms with Crippen LogP contribution in [-0.2, 0) is 14.6 Å². The van der Waals surface area contributed by atoms with Crippen LogP contribution < -0.4 is 0 Å². The van der Waals surface area contributed by atoms with Gasteiger partial charge in [0.1, 0.15) is 12.1 Å². The zero-order valence-electron chi connectivity index (χ0n) is 5.24. The van der Waals surface area contributed by atoms with Crippen molar-refractivity contribution in [3.05, 3.63) is 12.1 Å². The average Bonchev–Trinajstić information content (AvgIpc) is 1.81. The number of allylic oxidation sites excluding steroid dienone is 1. The predicted molar refractivity (Wildman–Crippen MR) is 32.1 cm³/mol. The van der Waals surface area contributed by atoms with Crippen molar-refractivity contribution in [2.45, 2.75) is 13.3 Å². The third kappa shape index (κ3) is 4.28. The van der Waals surface area contributed by atoms with Gasteiger partial charge in [-0.25, -0.2) is 4.39 Å². The van der Waals surface area contributed by atoms with Crippen molar-refractivity contribution in [2.24, 2.45) is 0 Å². The molecule has 10 heavy (non-hydrogen) atoms. The molecule has 0 aliphatic carbocycles. The van der Waals surface area contributed by atoms with E-state index in [1.54, 1.807) is 0 Å². The maximum absolute atomic E-state index is 11.5. The molecule has 0 fully saturated rings. The van der Waals surface area contributed by atoms with Gasteiger partial charge in [0, 0.05) is 6.42 Å². The molecule has 0 atom stereocenters. The fourth-order valence-electron chi connectivity index (χ4n) is 0.290. The van der Waals surface area contributed by atoms with Crippen LogP contribution in [0.1, 0.15) is 13.3 Å². The van der Waals surface area contributed by atoms with Crippen LogP contribution in [0.5, 0.6) is 0 Å². The fraction of sp³-hybridized carbons (Fsp3) is 0.500. The first kappa shape index (κ1) is 9.38. The number of hydrogen-bond acceptors (Lipinski definition) is 3. The number of rotatable bonds is 3. The minimum absolute atomic E-state index is 0.0201. The van der Waals surface area contributed by atoms with Gasteiger partial charge in [0.05, 0.1) is 0 Å². The number of halogens is 1. The van der Waals surface area contributed by atoms with E-state index in [0.717, 1.165) is 0 Å². The summed E-state index contributed by atoms with van der Waals surface area (Å²) in [4.78, 5) is 0. The van der Waals surface area contributed by atoms with Gasteiger partial charge >= 0.3 is 10.4 Å². The maximum Gasteiger partial charge on any atom is 0.446 e. The molecule has 0 saturated heterocycles. The molecule has 0 radical (unpaired) electrons. The summed E-state index contributed by atoms with van der Waals surface area (Å²) >= 11 is 0. The van der Waals surface area contributed by atoms with Crippen LogP contribution in [0.2, 0.25) is 0 Å². The molecular formula is C4H7FO4S. The Kier molecular flexibility index (Phi) is 3.31. The SMILES string of the molecule is CCC(=CF)OS(=O)(=O)O. The monoisotopic (exact) mass is 170 g/mol. The summed E-state index contributed by atoms with van der Waals surface area (Å²) < 4.78 is 43.0. The minimum atomic E-state index is -4.56. The molecule has 0 rings (SSSR count). The third-order valence-corrected chi connectivity index (χ3v) is 1.11. The smallest absolute Gasteiger partial charge is 0.364 e. The molecule has 4 nitrogen and oxygen atoms in total. The molecule has 0 aliphatic rings. The van der Waals surface area contributed by atoms with E-state index in [9.17, 15) is 12.8 Å². The van der Waals surface area contributed by atoms with Gasteiger partial charge in [0.2, 0.25) is 0 Å². The molecule has 0 aromatic carbocycles. The normalized spacial score (nSPS) is 13.3. The van der Waals surface area contributed by atoms with E-state index < -0.39 is 16.2 Å². The second kappa shape index (κ2) is 3.52. The van der Waals surface area contributed by atoms with E-state index in [1.165, 1.54) is 6.92 Å². The Bertz CT molecular complexity index is 217. The van der Waals surface area contributed by atoms with Gasteiger partial charge in [0.15, 0.2) is 0 Å². The highest BCUT2D eigenvalue weighted by molar-refractivity contribution is 7.81. The summed E-state index contributed by atoms with van der Waals surface area (Å²) in [6.45, 7) is 1.48. The lowest BCUT2D eigenvalue weighted by molar-refractivity contribution is 0.319. The van der Waals surface area contributed by atoms with Gasteiger partial charge in [-0.2, -0.15) is 8.42 Å². The second-order valence-electron chi connectivity index (χ2n) is 1.44. The van der Waals surface area contributed by atoms with Gasteiger partial charge in [-0.3, -0.25) is 4.55 Å². The average molecular weight is 170 g/mol. The van der Waals surface area contributed by atoms with Crippen molar-refractivity contribution in [2.75, 3.05) is 0 Å². The Morgan fingerprint density at radius 1 is 1.80 bits per heavy atom. The first-order valence-corrected chi connectivity index (χ1v) is 3.82. The molecule has 0 unspecified atom stereocenters. The van der Waals surface area contributed by atoms with Gasteiger partial charge in [-0.15, -0.1) is 0 Å². The largest absolute Gasteiger partial charge is 0.446 e. The van der Waals surface area contributed by atoms with Crippen LogP contribution >= 0.6 is 0 Å². The summed E-state index contributed by atoms with van der Waals surface area (Å²) in [7, 11) is -4.56. The molecular weight excluding hydrogens is 163 g/mol. The lowest BCUT2D eigenvalue weighted by Crippen LogP contribution is -2.02. The zero-order chi connectivity index (χ0) is 8.20. The second-order valence-corrected chi connectivity index (χ2v) is 2.46. The molecule has 0 aliphatic heterocycles. The molecule has 6 heteroatoms. The predicted octanol–water partition coefficient (Wildman–Crippen LogP) is 1.03. The lowest BCUT2D eigenvalue weighted by atomic mass is 10.4. The summed E-state index contributed by atoms with van der Waals surface area (Å²) in [6.07, 6.45) is 0.0457. The summed E-state index contributed by atoms with van der Waals surface area (Å²) in [5, 5.41) is 0. The van der Waals surface area contributed by atoms with Crippen LogP contribution in [0.4, 0.5) is 4.39 Å². The minimum Gasteiger partial charge on any atom is -0.364 e. The topological polar surface area (TPSA) is 63.6 Å².